The third kappa shape index (κ3) is 4.44. The standard InChI is InChI=1S/C14H16BrN3O/c15-13-9-11(16)10-18-14(13)17-7-4-8-19-12-5-2-1-3-6-12/h1-3,5-6,9-10H,4,7-8,16H2,(H,17,18). The molecule has 100 valence electrons. The molecule has 19 heavy (non-hydrogen) atoms. The second-order valence-corrected chi connectivity index (χ2v) is 4.90. The molecule has 1 aromatic heterocycles. The van der Waals surface area contributed by atoms with Crippen LogP contribution in [-0.4, -0.2) is 18.1 Å². The predicted octanol–water partition coefficient (Wildman–Crippen LogP) is 3.31. The van der Waals surface area contributed by atoms with Crippen molar-refractivity contribution in [2.45, 2.75) is 6.42 Å². The molecule has 2 rings (SSSR count). The molecular formula is C14H16BrN3O. The molecule has 0 aliphatic carbocycles. The van der Waals surface area contributed by atoms with Crippen LogP contribution in [0.3, 0.4) is 0 Å². The number of para-hydroxylation sites is 1. The number of hydrogen-bond donors (Lipinski definition) is 2. The van der Waals surface area contributed by atoms with Gasteiger partial charge in [0.15, 0.2) is 0 Å². The number of rotatable bonds is 6. The van der Waals surface area contributed by atoms with Crippen LogP contribution in [0.15, 0.2) is 47.1 Å². The Morgan fingerprint density at radius 3 is 2.79 bits per heavy atom. The quantitative estimate of drug-likeness (QED) is 0.801. The lowest BCUT2D eigenvalue weighted by Gasteiger charge is -2.09. The Hall–Kier alpha value is -1.75. The fraction of sp³-hybridized carbons (Fsp3) is 0.214. The molecule has 0 aliphatic rings. The number of nitrogen functional groups attached to an aromatic ring is 1. The monoisotopic (exact) mass is 321 g/mol. The number of nitrogens with one attached hydrogen (secondary N) is 1. The van der Waals surface area contributed by atoms with Gasteiger partial charge < -0.3 is 15.8 Å². The molecule has 0 unspecified atom stereocenters. The van der Waals surface area contributed by atoms with Gasteiger partial charge in [-0.1, -0.05) is 18.2 Å². The Morgan fingerprint density at radius 2 is 2.05 bits per heavy atom. The van der Waals surface area contributed by atoms with E-state index in [1.54, 1.807) is 6.20 Å². The van der Waals surface area contributed by atoms with Crippen LogP contribution in [0.5, 0.6) is 5.75 Å². The summed E-state index contributed by atoms with van der Waals surface area (Å²) < 4.78 is 6.47. The van der Waals surface area contributed by atoms with Crippen LogP contribution >= 0.6 is 15.9 Å². The summed E-state index contributed by atoms with van der Waals surface area (Å²) in [6.45, 7) is 1.46. The van der Waals surface area contributed by atoms with Crippen molar-refractivity contribution in [1.29, 1.82) is 0 Å². The Kier molecular flexibility index (Phi) is 5.03. The second-order valence-electron chi connectivity index (χ2n) is 4.04. The first kappa shape index (κ1) is 13.7. The van der Waals surface area contributed by atoms with Gasteiger partial charge >= 0.3 is 0 Å². The van der Waals surface area contributed by atoms with Crippen molar-refractivity contribution in [3.63, 3.8) is 0 Å². The molecule has 4 nitrogen and oxygen atoms in total. The second kappa shape index (κ2) is 6.99. The zero-order valence-corrected chi connectivity index (χ0v) is 12.1. The van der Waals surface area contributed by atoms with E-state index >= 15 is 0 Å². The van der Waals surface area contributed by atoms with Gasteiger partial charge in [0, 0.05) is 6.54 Å². The zero-order chi connectivity index (χ0) is 13.5. The number of halogens is 1. The van der Waals surface area contributed by atoms with Gasteiger partial charge in [-0.2, -0.15) is 0 Å². The van der Waals surface area contributed by atoms with Crippen LogP contribution in [0, 0.1) is 0 Å². The van der Waals surface area contributed by atoms with Crippen LogP contribution in [0.1, 0.15) is 6.42 Å². The maximum Gasteiger partial charge on any atom is 0.140 e. The van der Waals surface area contributed by atoms with E-state index in [-0.39, 0.29) is 0 Å². The van der Waals surface area contributed by atoms with E-state index in [9.17, 15) is 0 Å². The summed E-state index contributed by atoms with van der Waals surface area (Å²) in [4.78, 5) is 4.21. The lowest BCUT2D eigenvalue weighted by Crippen LogP contribution is -2.08. The Balaban J connectivity index is 1.69. The van der Waals surface area contributed by atoms with Gasteiger partial charge in [-0.3, -0.25) is 0 Å². The number of anilines is 2. The van der Waals surface area contributed by atoms with Gasteiger partial charge in [0.2, 0.25) is 0 Å². The van der Waals surface area contributed by atoms with Crippen LogP contribution in [0.4, 0.5) is 11.5 Å². The maximum absolute atomic E-state index is 5.63. The summed E-state index contributed by atoms with van der Waals surface area (Å²) in [7, 11) is 0. The SMILES string of the molecule is Nc1cnc(NCCCOc2ccccc2)c(Br)c1. The highest BCUT2D eigenvalue weighted by Crippen LogP contribution is 2.21. The van der Waals surface area contributed by atoms with Gasteiger partial charge in [-0.25, -0.2) is 4.98 Å². The normalized spacial score (nSPS) is 10.2. The van der Waals surface area contributed by atoms with Crippen molar-refractivity contribution < 1.29 is 4.74 Å². The topological polar surface area (TPSA) is 60.2 Å². The van der Waals surface area contributed by atoms with Gasteiger partial charge in [-0.05, 0) is 40.5 Å². The first-order chi connectivity index (χ1) is 9.25. The summed E-state index contributed by atoms with van der Waals surface area (Å²) in [5, 5.41) is 3.23. The summed E-state index contributed by atoms with van der Waals surface area (Å²) >= 11 is 3.42. The molecular weight excluding hydrogens is 306 g/mol. The molecule has 2 aromatic rings. The molecule has 0 atom stereocenters. The van der Waals surface area contributed by atoms with E-state index in [0.717, 1.165) is 29.0 Å². The zero-order valence-electron chi connectivity index (χ0n) is 10.5. The summed E-state index contributed by atoms with van der Waals surface area (Å²) in [5.41, 5.74) is 6.27. The number of hydrogen-bond acceptors (Lipinski definition) is 4. The summed E-state index contributed by atoms with van der Waals surface area (Å²) in [6.07, 6.45) is 2.53. The highest BCUT2D eigenvalue weighted by molar-refractivity contribution is 9.10. The Bertz CT molecular complexity index is 519. The molecule has 1 aromatic carbocycles. The molecule has 1 heterocycles. The molecule has 0 aliphatic heterocycles. The largest absolute Gasteiger partial charge is 0.494 e. The minimum absolute atomic E-state index is 0.643. The number of ether oxygens (including phenoxy) is 1. The van der Waals surface area contributed by atoms with Gasteiger partial charge in [-0.15, -0.1) is 0 Å². The number of aromatic nitrogens is 1. The highest BCUT2D eigenvalue weighted by Gasteiger charge is 2.00. The minimum atomic E-state index is 0.643. The molecule has 5 heteroatoms. The predicted molar refractivity (Wildman–Crippen MR) is 81.4 cm³/mol. The summed E-state index contributed by atoms with van der Waals surface area (Å²) in [5.74, 6) is 1.70. The fourth-order valence-corrected chi connectivity index (χ4v) is 2.08. The van der Waals surface area contributed by atoms with Crippen molar-refractivity contribution in [2.75, 3.05) is 24.2 Å². The number of nitrogens with zero attached hydrogens (tertiary/aromatic N) is 1. The van der Waals surface area contributed by atoms with Crippen molar-refractivity contribution in [3.8, 4) is 5.75 Å². The fourth-order valence-electron chi connectivity index (χ4n) is 1.57. The third-order valence-electron chi connectivity index (χ3n) is 2.49. The third-order valence-corrected chi connectivity index (χ3v) is 3.09. The van der Waals surface area contributed by atoms with Crippen LogP contribution < -0.4 is 15.8 Å². The Labute approximate surface area is 121 Å². The van der Waals surface area contributed by atoms with Crippen molar-refractivity contribution in [1.82, 2.24) is 4.98 Å². The van der Waals surface area contributed by atoms with E-state index in [4.69, 9.17) is 10.5 Å². The van der Waals surface area contributed by atoms with Crippen molar-refractivity contribution in [2.24, 2.45) is 0 Å². The van der Waals surface area contributed by atoms with Gasteiger partial charge in [0.05, 0.1) is 23.0 Å². The number of pyridine rings is 1. The van der Waals surface area contributed by atoms with E-state index in [2.05, 4.69) is 26.2 Å². The molecule has 0 radical (unpaired) electrons. The van der Waals surface area contributed by atoms with E-state index in [1.807, 2.05) is 36.4 Å². The highest BCUT2D eigenvalue weighted by atomic mass is 79.9. The Morgan fingerprint density at radius 1 is 1.26 bits per heavy atom. The lowest BCUT2D eigenvalue weighted by molar-refractivity contribution is 0.315. The smallest absolute Gasteiger partial charge is 0.140 e. The van der Waals surface area contributed by atoms with E-state index < -0.39 is 0 Å². The van der Waals surface area contributed by atoms with Gasteiger partial charge in [0.25, 0.3) is 0 Å². The molecule has 0 spiro atoms. The molecule has 0 bridgehead atoms. The van der Waals surface area contributed by atoms with E-state index in [0.29, 0.717) is 12.3 Å². The van der Waals surface area contributed by atoms with Crippen LogP contribution in [0.25, 0.3) is 0 Å². The number of benzene rings is 1. The average Bonchev–Trinajstić information content (AvgIpc) is 2.42. The lowest BCUT2D eigenvalue weighted by atomic mass is 10.3. The van der Waals surface area contributed by atoms with E-state index in [1.165, 1.54) is 0 Å². The number of nitrogens with two attached hydrogens (primary N) is 1. The van der Waals surface area contributed by atoms with Gasteiger partial charge in [0.1, 0.15) is 11.6 Å². The minimum Gasteiger partial charge on any atom is -0.494 e. The molecule has 0 saturated heterocycles. The first-order valence-corrected chi connectivity index (χ1v) is 6.88. The summed E-state index contributed by atoms with van der Waals surface area (Å²) in [6, 6.07) is 11.6. The maximum atomic E-state index is 5.63. The first-order valence-electron chi connectivity index (χ1n) is 6.08. The molecule has 3 N–H and O–H groups in total. The van der Waals surface area contributed by atoms with Crippen LogP contribution in [0.2, 0.25) is 0 Å². The van der Waals surface area contributed by atoms with Crippen LogP contribution in [-0.2, 0) is 0 Å². The molecule has 0 saturated carbocycles. The molecule has 0 amide bonds. The van der Waals surface area contributed by atoms with Crippen molar-refractivity contribution in [3.05, 3.63) is 47.1 Å². The molecule has 0 fully saturated rings. The average molecular weight is 322 g/mol. The van der Waals surface area contributed by atoms with Crippen molar-refractivity contribution >= 4 is 27.4 Å².